The second-order valence-electron chi connectivity index (χ2n) is 5.94. The highest BCUT2D eigenvalue weighted by Gasteiger charge is 2.32. The fourth-order valence-electron chi connectivity index (χ4n) is 2.97. The minimum atomic E-state index is -3.69. The summed E-state index contributed by atoms with van der Waals surface area (Å²) < 4.78 is 31.9. The lowest BCUT2D eigenvalue weighted by molar-refractivity contribution is 0.0693. The number of nitrogens with zero attached hydrogens (tertiary/aromatic N) is 1. The summed E-state index contributed by atoms with van der Waals surface area (Å²) in [5, 5.41) is 9.19. The van der Waals surface area contributed by atoms with Crippen molar-refractivity contribution in [2.24, 2.45) is 11.8 Å². The van der Waals surface area contributed by atoms with Gasteiger partial charge in [0.05, 0.1) is 12.0 Å². The summed E-state index contributed by atoms with van der Waals surface area (Å²) in [4.78, 5) is 11.2. The van der Waals surface area contributed by atoms with Crippen LogP contribution < -0.4 is 4.74 Å². The van der Waals surface area contributed by atoms with Crippen LogP contribution >= 0.6 is 0 Å². The summed E-state index contributed by atoms with van der Waals surface area (Å²) >= 11 is 0. The van der Waals surface area contributed by atoms with E-state index in [0.717, 1.165) is 6.42 Å². The highest BCUT2D eigenvalue weighted by Crippen LogP contribution is 2.29. The molecule has 2 rings (SSSR count). The van der Waals surface area contributed by atoms with Crippen LogP contribution in [0.4, 0.5) is 0 Å². The zero-order valence-electron chi connectivity index (χ0n) is 12.9. The summed E-state index contributed by atoms with van der Waals surface area (Å²) in [5.41, 5.74) is -0.151. The molecule has 1 aliphatic rings. The first-order valence-electron chi connectivity index (χ1n) is 7.17. The second kappa shape index (κ2) is 6.26. The van der Waals surface area contributed by atoms with E-state index in [9.17, 15) is 18.3 Å². The molecule has 1 saturated heterocycles. The van der Waals surface area contributed by atoms with E-state index < -0.39 is 16.0 Å². The largest absolute Gasteiger partial charge is 0.496 e. The average molecular weight is 327 g/mol. The van der Waals surface area contributed by atoms with E-state index >= 15 is 0 Å². The van der Waals surface area contributed by atoms with Gasteiger partial charge in [-0.25, -0.2) is 13.2 Å². The Hall–Kier alpha value is -1.60. The number of ether oxygens (including phenoxy) is 1. The van der Waals surface area contributed by atoms with Gasteiger partial charge < -0.3 is 9.84 Å². The molecule has 22 heavy (non-hydrogen) atoms. The van der Waals surface area contributed by atoms with Crippen LogP contribution in [0, 0.1) is 11.8 Å². The third-order valence-electron chi connectivity index (χ3n) is 3.87. The molecule has 7 heteroatoms. The number of sulfonamides is 1. The van der Waals surface area contributed by atoms with Crippen molar-refractivity contribution in [1.82, 2.24) is 4.31 Å². The number of carbonyl (C=O) groups is 1. The number of rotatable bonds is 4. The molecule has 0 aromatic heterocycles. The molecule has 1 heterocycles. The number of hydrogen-bond donors (Lipinski definition) is 1. The third kappa shape index (κ3) is 3.25. The molecule has 1 aromatic carbocycles. The van der Waals surface area contributed by atoms with Crippen molar-refractivity contribution in [2.45, 2.75) is 25.2 Å². The topological polar surface area (TPSA) is 83.9 Å². The molecule has 1 fully saturated rings. The highest BCUT2D eigenvalue weighted by molar-refractivity contribution is 7.89. The summed E-state index contributed by atoms with van der Waals surface area (Å²) in [6.07, 6.45) is 0.995. The average Bonchev–Trinajstić information content (AvgIpc) is 2.45. The lowest BCUT2D eigenvalue weighted by Gasteiger charge is -2.34. The Balaban J connectivity index is 2.41. The van der Waals surface area contributed by atoms with Crippen molar-refractivity contribution in [2.75, 3.05) is 20.2 Å². The van der Waals surface area contributed by atoms with Gasteiger partial charge in [0.25, 0.3) is 0 Å². The number of carboxylic acid groups (broad SMARTS) is 1. The van der Waals surface area contributed by atoms with Gasteiger partial charge in [-0.15, -0.1) is 0 Å². The maximum atomic E-state index is 12.7. The van der Waals surface area contributed by atoms with Crippen LogP contribution in [0.15, 0.2) is 23.1 Å². The lowest BCUT2D eigenvalue weighted by atomic mass is 9.94. The molecule has 0 bridgehead atoms. The smallest absolute Gasteiger partial charge is 0.339 e. The van der Waals surface area contributed by atoms with Crippen LogP contribution in [0.5, 0.6) is 5.75 Å². The van der Waals surface area contributed by atoms with Crippen molar-refractivity contribution in [1.29, 1.82) is 0 Å². The normalized spacial score (nSPS) is 23.2. The molecule has 0 aliphatic carbocycles. The fraction of sp³-hybridized carbons (Fsp3) is 0.533. The van der Waals surface area contributed by atoms with Crippen molar-refractivity contribution in [3.05, 3.63) is 23.8 Å². The summed E-state index contributed by atoms with van der Waals surface area (Å²) in [7, 11) is -2.34. The number of carboxylic acids is 1. The van der Waals surface area contributed by atoms with Gasteiger partial charge in [-0.3, -0.25) is 0 Å². The maximum Gasteiger partial charge on any atom is 0.339 e. The van der Waals surface area contributed by atoms with Gasteiger partial charge in [0.1, 0.15) is 11.3 Å². The number of methoxy groups -OCH3 is 1. The number of benzene rings is 1. The Bertz CT molecular complexity index is 661. The van der Waals surface area contributed by atoms with Gasteiger partial charge in [0.2, 0.25) is 10.0 Å². The number of hydrogen-bond acceptors (Lipinski definition) is 4. The first-order valence-corrected chi connectivity index (χ1v) is 8.61. The monoisotopic (exact) mass is 327 g/mol. The Morgan fingerprint density at radius 2 is 1.86 bits per heavy atom. The van der Waals surface area contributed by atoms with Gasteiger partial charge in [0, 0.05) is 13.1 Å². The zero-order chi connectivity index (χ0) is 16.5. The van der Waals surface area contributed by atoms with Crippen LogP contribution in [0.1, 0.15) is 30.6 Å². The predicted octanol–water partition coefficient (Wildman–Crippen LogP) is 2.06. The molecule has 0 radical (unpaired) electrons. The first kappa shape index (κ1) is 16.8. The van der Waals surface area contributed by atoms with Crippen LogP contribution in [0.3, 0.4) is 0 Å². The van der Waals surface area contributed by atoms with Crippen LogP contribution in [0.2, 0.25) is 0 Å². The first-order chi connectivity index (χ1) is 10.3. The maximum absolute atomic E-state index is 12.7. The van der Waals surface area contributed by atoms with Gasteiger partial charge in [-0.05, 0) is 36.5 Å². The van der Waals surface area contributed by atoms with Crippen LogP contribution in [-0.2, 0) is 10.0 Å². The molecule has 6 nitrogen and oxygen atoms in total. The number of piperidine rings is 1. The summed E-state index contributed by atoms with van der Waals surface area (Å²) in [6.45, 7) is 4.96. The van der Waals surface area contributed by atoms with Crippen LogP contribution in [-0.4, -0.2) is 44.0 Å². The molecule has 1 aliphatic heterocycles. The fourth-order valence-corrected chi connectivity index (χ4v) is 4.67. The Labute approximate surface area is 130 Å². The van der Waals surface area contributed by atoms with Crippen LogP contribution in [0.25, 0.3) is 0 Å². The van der Waals surface area contributed by atoms with E-state index in [1.54, 1.807) is 0 Å². The molecule has 1 N–H and O–H groups in total. The molecule has 0 saturated carbocycles. The summed E-state index contributed by atoms with van der Waals surface area (Å²) in [6, 6.07) is 3.94. The quantitative estimate of drug-likeness (QED) is 0.915. The minimum absolute atomic E-state index is 0.00741. The van der Waals surface area contributed by atoms with Gasteiger partial charge in [0.15, 0.2) is 0 Å². The molecule has 122 valence electrons. The molecule has 2 atom stereocenters. The molecule has 1 aromatic rings. The highest BCUT2D eigenvalue weighted by atomic mass is 32.2. The van der Waals surface area contributed by atoms with E-state index in [1.807, 2.05) is 13.8 Å². The van der Waals surface area contributed by atoms with Crippen molar-refractivity contribution >= 4 is 16.0 Å². The molecule has 0 amide bonds. The Kier molecular flexibility index (Phi) is 4.77. The van der Waals surface area contributed by atoms with Gasteiger partial charge in [-0.2, -0.15) is 4.31 Å². The van der Waals surface area contributed by atoms with E-state index in [-0.39, 0.29) is 28.0 Å². The Morgan fingerprint density at radius 3 is 2.36 bits per heavy atom. The van der Waals surface area contributed by atoms with E-state index in [1.165, 1.54) is 29.6 Å². The molecule has 0 spiro atoms. The molecular formula is C15H21NO5S. The minimum Gasteiger partial charge on any atom is -0.496 e. The van der Waals surface area contributed by atoms with Crippen molar-refractivity contribution in [3.8, 4) is 5.75 Å². The molecule has 0 unspecified atom stereocenters. The van der Waals surface area contributed by atoms with Gasteiger partial charge in [-0.1, -0.05) is 13.8 Å². The predicted molar refractivity (Wildman–Crippen MR) is 81.7 cm³/mol. The van der Waals surface area contributed by atoms with Crippen molar-refractivity contribution < 1.29 is 23.1 Å². The summed E-state index contributed by atoms with van der Waals surface area (Å²) in [5.74, 6) is -0.493. The third-order valence-corrected chi connectivity index (χ3v) is 5.70. The molecular weight excluding hydrogens is 306 g/mol. The van der Waals surface area contributed by atoms with E-state index in [2.05, 4.69) is 0 Å². The van der Waals surface area contributed by atoms with Gasteiger partial charge >= 0.3 is 5.97 Å². The SMILES string of the molecule is COc1ccc(S(=O)(=O)N2C[C@@H](C)C[C@H](C)C2)cc1C(=O)O. The van der Waals surface area contributed by atoms with E-state index in [0.29, 0.717) is 13.1 Å². The van der Waals surface area contributed by atoms with E-state index in [4.69, 9.17) is 4.74 Å². The second-order valence-corrected chi connectivity index (χ2v) is 7.87. The van der Waals surface area contributed by atoms with Crippen molar-refractivity contribution in [3.63, 3.8) is 0 Å². The number of aromatic carboxylic acids is 1. The lowest BCUT2D eigenvalue weighted by Crippen LogP contribution is -2.42. The Morgan fingerprint density at radius 1 is 1.27 bits per heavy atom. The zero-order valence-corrected chi connectivity index (χ0v) is 13.8. The standard InChI is InChI=1S/C15H21NO5S/c1-10-6-11(2)9-16(8-10)22(19,20)12-4-5-14(21-3)13(7-12)15(17)18/h4-5,7,10-11H,6,8-9H2,1-3H3,(H,17,18)/t10-,11-/m0/s1.